The molecule has 2 amide bonds. The Morgan fingerprint density at radius 3 is 2.46 bits per heavy atom. The first-order valence-corrected chi connectivity index (χ1v) is 9.07. The highest BCUT2D eigenvalue weighted by atomic mass is 16.5. The number of hydrogen-bond donors (Lipinski definition) is 2. The van der Waals surface area contributed by atoms with E-state index in [0.717, 1.165) is 32.7 Å². The average Bonchev–Trinajstić information content (AvgIpc) is 2.66. The van der Waals surface area contributed by atoms with Crippen LogP contribution in [0.4, 0.5) is 10.5 Å². The van der Waals surface area contributed by atoms with Gasteiger partial charge < -0.3 is 20.1 Å². The Morgan fingerprint density at radius 2 is 1.85 bits per heavy atom. The number of esters is 1. The van der Waals surface area contributed by atoms with Crippen LogP contribution in [0.3, 0.4) is 0 Å². The third kappa shape index (κ3) is 6.00. The number of anilines is 1. The molecule has 0 spiro atoms. The fourth-order valence-electron chi connectivity index (χ4n) is 2.72. The number of benzene rings is 1. The molecule has 144 valence electrons. The van der Waals surface area contributed by atoms with Gasteiger partial charge in [0, 0.05) is 30.9 Å². The molecule has 7 heteroatoms. The Bertz CT molecular complexity index is 595. The van der Waals surface area contributed by atoms with Crippen molar-refractivity contribution in [3.8, 4) is 0 Å². The molecule has 1 fully saturated rings. The Balaban J connectivity index is 1.80. The van der Waals surface area contributed by atoms with Crippen LogP contribution in [0, 0.1) is 0 Å². The van der Waals surface area contributed by atoms with E-state index in [1.54, 1.807) is 24.3 Å². The maximum atomic E-state index is 12.1. The third-order valence-electron chi connectivity index (χ3n) is 4.36. The van der Waals surface area contributed by atoms with Crippen LogP contribution < -0.4 is 10.6 Å². The smallest absolute Gasteiger partial charge is 0.338 e. The van der Waals surface area contributed by atoms with Crippen LogP contribution in [0.25, 0.3) is 0 Å². The first-order valence-electron chi connectivity index (χ1n) is 9.07. The summed E-state index contributed by atoms with van der Waals surface area (Å²) in [5.41, 5.74) is 0.949. The van der Waals surface area contributed by atoms with Crippen molar-refractivity contribution in [2.24, 2.45) is 0 Å². The van der Waals surface area contributed by atoms with E-state index >= 15 is 0 Å². The number of carbonyl (C=O) groups is 2. The molecular weight excluding hydrogens is 334 g/mol. The van der Waals surface area contributed by atoms with Crippen molar-refractivity contribution in [1.82, 2.24) is 10.2 Å². The molecule has 0 aromatic heterocycles. The number of hydrogen-bond acceptors (Lipinski definition) is 5. The molecular formula is C19H29N3O4. The van der Waals surface area contributed by atoms with Crippen molar-refractivity contribution in [3.63, 3.8) is 0 Å². The summed E-state index contributed by atoms with van der Waals surface area (Å²) < 4.78 is 10.5. The molecule has 0 aliphatic carbocycles. The van der Waals surface area contributed by atoms with Gasteiger partial charge in [0.25, 0.3) is 0 Å². The maximum absolute atomic E-state index is 12.1. The van der Waals surface area contributed by atoms with Gasteiger partial charge in [0.15, 0.2) is 0 Å². The van der Waals surface area contributed by atoms with E-state index < -0.39 is 0 Å². The summed E-state index contributed by atoms with van der Waals surface area (Å²) in [6.07, 6.45) is 0.784. The Labute approximate surface area is 155 Å². The largest absolute Gasteiger partial charge is 0.462 e. The van der Waals surface area contributed by atoms with Gasteiger partial charge >= 0.3 is 12.0 Å². The number of amides is 2. The highest BCUT2D eigenvalue weighted by molar-refractivity contribution is 5.92. The van der Waals surface area contributed by atoms with Crippen molar-refractivity contribution in [2.75, 3.05) is 44.8 Å². The van der Waals surface area contributed by atoms with Gasteiger partial charge in [0.05, 0.1) is 25.4 Å². The van der Waals surface area contributed by atoms with Gasteiger partial charge in [-0.3, -0.25) is 4.90 Å². The summed E-state index contributed by atoms with van der Waals surface area (Å²) >= 11 is 0. The molecule has 26 heavy (non-hydrogen) atoms. The van der Waals surface area contributed by atoms with Gasteiger partial charge in [-0.2, -0.15) is 0 Å². The summed E-state index contributed by atoms with van der Waals surface area (Å²) in [5.74, 6) is -0.352. The van der Waals surface area contributed by atoms with Gasteiger partial charge in [0.1, 0.15) is 0 Å². The van der Waals surface area contributed by atoms with E-state index in [1.807, 2.05) is 6.92 Å². The second kappa shape index (κ2) is 9.54. The summed E-state index contributed by atoms with van der Waals surface area (Å²) in [4.78, 5) is 26.2. The molecule has 1 heterocycles. The molecule has 1 aliphatic rings. The molecule has 0 saturated carbocycles. The van der Waals surface area contributed by atoms with Gasteiger partial charge in [-0.25, -0.2) is 9.59 Å². The number of carbonyl (C=O) groups excluding carboxylic acids is 2. The Kier molecular flexibility index (Phi) is 7.41. The highest BCUT2D eigenvalue weighted by Crippen LogP contribution is 2.15. The molecule has 2 N–H and O–H groups in total. The SMILES string of the molecule is CCCOC(=O)c1ccc(NC(=O)NCC(C)(C)N2CCOCC2)cc1. The van der Waals surface area contributed by atoms with Gasteiger partial charge in [-0.1, -0.05) is 6.92 Å². The highest BCUT2D eigenvalue weighted by Gasteiger charge is 2.28. The van der Waals surface area contributed by atoms with Gasteiger partial charge in [0.2, 0.25) is 0 Å². The zero-order valence-electron chi connectivity index (χ0n) is 15.8. The standard InChI is InChI=1S/C19H29N3O4/c1-4-11-26-17(23)15-5-7-16(8-6-15)21-18(24)20-14-19(2,3)22-9-12-25-13-10-22/h5-8H,4,9-14H2,1-3H3,(H2,20,21,24). The molecule has 1 aromatic rings. The number of nitrogens with one attached hydrogen (secondary N) is 2. The summed E-state index contributed by atoms with van der Waals surface area (Å²) in [6.45, 7) is 10.3. The molecule has 1 aliphatic heterocycles. The Hall–Kier alpha value is -2.12. The van der Waals surface area contributed by atoms with Crippen LogP contribution in [0.1, 0.15) is 37.6 Å². The minimum Gasteiger partial charge on any atom is -0.462 e. The summed E-state index contributed by atoms with van der Waals surface area (Å²) in [6, 6.07) is 6.40. The monoisotopic (exact) mass is 363 g/mol. The Morgan fingerprint density at radius 1 is 1.19 bits per heavy atom. The van der Waals surface area contributed by atoms with Gasteiger partial charge in [-0.05, 0) is 44.5 Å². The number of ether oxygens (including phenoxy) is 2. The van der Waals surface area contributed by atoms with Crippen LogP contribution in [-0.4, -0.2) is 61.9 Å². The maximum Gasteiger partial charge on any atom is 0.338 e. The number of rotatable bonds is 7. The fourth-order valence-corrected chi connectivity index (χ4v) is 2.72. The van der Waals surface area contributed by atoms with E-state index in [2.05, 4.69) is 29.4 Å². The second-order valence-electron chi connectivity index (χ2n) is 6.93. The zero-order valence-corrected chi connectivity index (χ0v) is 15.8. The first-order chi connectivity index (χ1) is 12.4. The van der Waals surface area contributed by atoms with E-state index in [-0.39, 0.29) is 17.5 Å². The molecule has 0 radical (unpaired) electrons. The second-order valence-corrected chi connectivity index (χ2v) is 6.93. The van der Waals surface area contributed by atoms with Gasteiger partial charge in [-0.15, -0.1) is 0 Å². The molecule has 0 atom stereocenters. The lowest BCUT2D eigenvalue weighted by Gasteiger charge is -2.40. The fraction of sp³-hybridized carbons (Fsp3) is 0.579. The van der Waals surface area contributed by atoms with E-state index in [1.165, 1.54) is 0 Å². The number of urea groups is 1. The molecule has 0 unspecified atom stereocenters. The van der Waals surface area contributed by atoms with Crippen molar-refractivity contribution < 1.29 is 19.1 Å². The molecule has 2 rings (SSSR count). The molecule has 7 nitrogen and oxygen atoms in total. The minimum absolute atomic E-state index is 0.145. The normalized spacial score (nSPS) is 15.3. The lowest BCUT2D eigenvalue weighted by atomic mass is 10.0. The average molecular weight is 363 g/mol. The lowest BCUT2D eigenvalue weighted by Crippen LogP contribution is -2.55. The van der Waals surface area contributed by atoms with Crippen LogP contribution >= 0.6 is 0 Å². The topological polar surface area (TPSA) is 79.9 Å². The summed E-state index contributed by atoms with van der Waals surface area (Å²) in [7, 11) is 0. The van der Waals surface area contributed by atoms with Crippen LogP contribution in [0.2, 0.25) is 0 Å². The predicted octanol–water partition coefficient (Wildman–Crippen LogP) is 2.49. The third-order valence-corrected chi connectivity index (χ3v) is 4.36. The van der Waals surface area contributed by atoms with Crippen LogP contribution in [0.15, 0.2) is 24.3 Å². The minimum atomic E-state index is -0.352. The molecule has 1 saturated heterocycles. The van der Waals surface area contributed by atoms with Crippen molar-refractivity contribution in [2.45, 2.75) is 32.7 Å². The summed E-state index contributed by atoms with van der Waals surface area (Å²) in [5, 5.41) is 5.69. The van der Waals surface area contributed by atoms with Crippen molar-refractivity contribution in [1.29, 1.82) is 0 Å². The lowest BCUT2D eigenvalue weighted by molar-refractivity contribution is -0.00863. The first kappa shape index (κ1) is 20.2. The van der Waals surface area contributed by atoms with Crippen LogP contribution in [0.5, 0.6) is 0 Å². The number of morpholine rings is 1. The quantitative estimate of drug-likeness (QED) is 0.728. The molecule has 0 bridgehead atoms. The molecule has 1 aromatic carbocycles. The predicted molar refractivity (Wildman–Crippen MR) is 101 cm³/mol. The zero-order chi connectivity index (χ0) is 19.0. The van der Waals surface area contributed by atoms with E-state index in [9.17, 15) is 9.59 Å². The van der Waals surface area contributed by atoms with E-state index in [4.69, 9.17) is 9.47 Å². The number of nitrogens with zero attached hydrogens (tertiary/aromatic N) is 1. The van der Waals surface area contributed by atoms with Crippen LogP contribution in [-0.2, 0) is 9.47 Å². The van der Waals surface area contributed by atoms with E-state index in [0.29, 0.717) is 24.4 Å². The van der Waals surface area contributed by atoms with Crippen molar-refractivity contribution >= 4 is 17.7 Å². The van der Waals surface area contributed by atoms with Crippen molar-refractivity contribution in [3.05, 3.63) is 29.8 Å².